The van der Waals surface area contributed by atoms with Crippen molar-refractivity contribution in [3.63, 3.8) is 0 Å². The molecule has 1 aliphatic heterocycles. The maximum absolute atomic E-state index is 11.9. The molecule has 1 amide bonds. The number of nitrogens with zero attached hydrogens (tertiary/aromatic N) is 3. The number of carboxylic acid groups (broad SMARTS) is 1. The summed E-state index contributed by atoms with van der Waals surface area (Å²) >= 11 is 3.98. The predicted molar refractivity (Wildman–Crippen MR) is 98.7 cm³/mol. The Labute approximate surface area is 158 Å². The van der Waals surface area contributed by atoms with Crippen molar-refractivity contribution in [1.29, 1.82) is 0 Å². The molecule has 9 heteroatoms. The van der Waals surface area contributed by atoms with Crippen LogP contribution in [-0.2, 0) is 11.3 Å². The molecule has 1 saturated heterocycles. The Morgan fingerprint density at radius 2 is 2.00 bits per heavy atom. The molecular weight excluding hydrogens is 378 g/mol. The molecule has 138 valence electrons. The first-order valence-electron chi connectivity index (χ1n) is 8.05. The lowest BCUT2D eigenvalue weighted by atomic mass is 10.0. The highest BCUT2D eigenvalue weighted by Gasteiger charge is 2.29. The van der Waals surface area contributed by atoms with Gasteiger partial charge in [-0.25, -0.2) is 4.79 Å². The minimum Gasteiger partial charge on any atom is -0.755 e. The minimum atomic E-state index is -2.54. The van der Waals surface area contributed by atoms with E-state index >= 15 is 0 Å². The molecule has 0 saturated carbocycles. The van der Waals surface area contributed by atoms with Gasteiger partial charge in [0.1, 0.15) is 0 Å². The predicted octanol–water partition coefficient (Wildman–Crippen LogP) is 3.14. The molecule has 1 fully saturated rings. The van der Waals surface area contributed by atoms with E-state index in [-0.39, 0.29) is 19.1 Å². The van der Waals surface area contributed by atoms with Crippen LogP contribution in [0.1, 0.15) is 12.8 Å². The van der Waals surface area contributed by atoms with Crippen LogP contribution < -0.4 is 4.31 Å². The second-order valence-electron chi connectivity index (χ2n) is 5.90. The van der Waals surface area contributed by atoms with Crippen LogP contribution in [0.2, 0.25) is 5.02 Å². The largest absolute Gasteiger partial charge is 0.755 e. The van der Waals surface area contributed by atoms with E-state index in [1.54, 1.807) is 36.5 Å². The number of amides is 1. The normalized spacial score (nSPS) is 16.3. The van der Waals surface area contributed by atoms with E-state index in [9.17, 15) is 13.6 Å². The maximum atomic E-state index is 11.9. The first-order chi connectivity index (χ1) is 12.5. The molecular formula is C17H17ClN3O4S-. The molecule has 0 spiro atoms. The third kappa shape index (κ3) is 3.82. The van der Waals surface area contributed by atoms with E-state index in [0.717, 1.165) is 0 Å². The highest BCUT2D eigenvalue weighted by molar-refractivity contribution is 7.80. The lowest BCUT2D eigenvalue weighted by Gasteiger charge is -2.39. The third-order valence-electron chi connectivity index (χ3n) is 4.38. The fourth-order valence-corrected chi connectivity index (χ4v) is 4.23. The first kappa shape index (κ1) is 18.6. The highest BCUT2D eigenvalue weighted by atomic mass is 35.5. The molecule has 1 unspecified atom stereocenters. The van der Waals surface area contributed by atoms with Crippen molar-refractivity contribution < 1.29 is 18.7 Å². The van der Waals surface area contributed by atoms with Gasteiger partial charge in [-0.05, 0) is 31.0 Å². The Morgan fingerprint density at radius 1 is 1.27 bits per heavy atom. The van der Waals surface area contributed by atoms with Crippen molar-refractivity contribution in [1.82, 2.24) is 9.88 Å². The van der Waals surface area contributed by atoms with E-state index in [1.165, 1.54) is 9.21 Å². The monoisotopic (exact) mass is 394 g/mol. The lowest BCUT2D eigenvalue weighted by molar-refractivity contribution is 0.133. The molecule has 26 heavy (non-hydrogen) atoms. The summed E-state index contributed by atoms with van der Waals surface area (Å²) in [7, 11) is 0. The summed E-state index contributed by atoms with van der Waals surface area (Å²) in [5.74, 6) is 0. The van der Waals surface area contributed by atoms with Gasteiger partial charge < -0.3 is 14.6 Å². The molecule has 2 aromatic rings. The fraction of sp³-hybridized carbons (Fsp3) is 0.294. The molecule has 1 aliphatic rings. The zero-order chi connectivity index (χ0) is 18.7. The molecule has 2 heterocycles. The van der Waals surface area contributed by atoms with Gasteiger partial charge in [0.25, 0.3) is 0 Å². The number of piperidine rings is 1. The number of aromatic nitrogens is 1. The molecule has 0 bridgehead atoms. The van der Waals surface area contributed by atoms with Crippen LogP contribution in [0.5, 0.6) is 0 Å². The van der Waals surface area contributed by atoms with Gasteiger partial charge in [0.2, 0.25) is 0 Å². The smallest absolute Gasteiger partial charge is 0.407 e. The molecule has 7 nitrogen and oxygen atoms in total. The Bertz CT molecular complexity index is 813. The molecule has 1 N–H and O–H groups in total. The number of likely N-dealkylation sites (tertiary alicyclic amines) is 1. The molecule has 1 aromatic carbocycles. The van der Waals surface area contributed by atoms with Crippen LogP contribution in [0, 0.1) is 0 Å². The van der Waals surface area contributed by atoms with Crippen LogP contribution >= 0.6 is 11.6 Å². The maximum Gasteiger partial charge on any atom is 0.407 e. The van der Waals surface area contributed by atoms with Gasteiger partial charge in [0, 0.05) is 42.2 Å². The number of rotatable bonds is 4. The number of carbonyl (C=O) groups is 1. The van der Waals surface area contributed by atoms with Crippen molar-refractivity contribution >= 4 is 34.6 Å². The number of benzene rings is 1. The zero-order valence-corrected chi connectivity index (χ0v) is 15.3. The summed E-state index contributed by atoms with van der Waals surface area (Å²) in [6, 6.07) is 10.2. The topological polar surface area (TPSA) is 96.8 Å². The summed E-state index contributed by atoms with van der Waals surface area (Å²) in [6.45, 7) is 0.566. The molecule has 1 atom stereocenters. The zero-order valence-electron chi connectivity index (χ0n) is 13.7. The van der Waals surface area contributed by atoms with Gasteiger partial charge in [0.15, 0.2) is 0 Å². The average molecular weight is 395 g/mol. The third-order valence-corrected chi connectivity index (χ3v) is 5.60. The van der Waals surface area contributed by atoms with Crippen molar-refractivity contribution in [2.24, 2.45) is 0 Å². The Morgan fingerprint density at radius 3 is 2.58 bits per heavy atom. The number of hydrogen-bond donors (Lipinski definition) is 1. The van der Waals surface area contributed by atoms with Gasteiger partial charge >= 0.3 is 6.09 Å². The van der Waals surface area contributed by atoms with Gasteiger partial charge in [-0.1, -0.05) is 29.8 Å². The summed E-state index contributed by atoms with van der Waals surface area (Å²) in [5, 5.41) is 9.36. The van der Waals surface area contributed by atoms with E-state index < -0.39 is 17.4 Å². The molecule has 3 rings (SSSR count). The van der Waals surface area contributed by atoms with Crippen LogP contribution in [-0.4, -0.2) is 49.0 Å². The van der Waals surface area contributed by atoms with Crippen molar-refractivity contribution in [2.45, 2.75) is 18.9 Å². The second kappa shape index (κ2) is 8.03. The summed E-state index contributed by atoms with van der Waals surface area (Å²) in [6.07, 6.45) is 1.46. The van der Waals surface area contributed by atoms with Crippen molar-refractivity contribution in [3.8, 4) is 11.3 Å². The van der Waals surface area contributed by atoms with Gasteiger partial charge in [-0.2, -0.15) is 0 Å². The van der Waals surface area contributed by atoms with Gasteiger partial charge in [-0.3, -0.25) is 13.5 Å². The summed E-state index contributed by atoms with van der Waals surface area (Å²) in [4.78, 5) is 16.6. The summed E-state index contributed by atoms with van der Waals surface area (Å²) < 4.78 is 25.1. The van der Waals surface area contributed by atoms with Crippen LogP contribution in [0.15, 0.2) is 42.6 Å². The second-order valence-corrected chi connectivity index (χ2v) is 7.10. The molecule has 0 aliphatic carbocycles. The number of halogens is 1. The van der Waals surface area contributed by atoms with Crippen LogP contribution in [0.4, 0.5) is 10.5 Å². The Balaban J connectivity index is 1.92. The van der Waals surface area contributed by atoms with Crippen LogP contribution in [0.25, 0.3) is 11.3 Å². The summed E-state index contributed by atoms with van der Waals surface area (Å²) in [5.41, 5.74) is 1.66. The molecule has 1 aromatic heterocycles. The SMILES string of the molecule is O=C(O)N1CCC(N(c2cccc(-c3ccccn3)c2Cl)S(=O)[O-])CC1. The first-order valence-corrected chi connectivity index (χ1v) is 9.46. The van der Waals surface area contributed by atoms with Crippen molar-refractivity contribution in [2.75, 3.05) is 17.4 Å². The minimum absolute atomic E-state index is 0.283. The average Bonchev–Trinajstić information content (AvgIpc) is 2.64. The quantitative estimate of drug-likeness (QED) is 0.803. The lowest BCUT2D eigenvalue weighted by Crippen LogP contribution is -2.47. The Hall–Kier alpha value is -2.16. The van der Waals surface area contributed by atoms with Gasteiger partial charge in [0.05, 0.1) is 16.4 Å². The van der Waals surface area contributed by atoms with E-state index in [1.807, 2.05) is 6.07 Å². The van der Waals surface area contributed by atoms with E-state index in [2.05, 4.69) is 4.98 Å². The molecule has 0 radical (unpaired) electrons. The number of hydrogen-bond acceptors (Lipinski definition) is 4. The number of pyridine rings is 1. The number of anilines is 1. The van der Waals surface area contributed by atoms with Crippen molar-refractivity contribution in [3.05, 3.63) is 47.6 Å². The van der Waals surface area contributed by atoms with E-state index in [4.69, 9.17) is 16.7 Å². The Kier molecular flexibility index (Phi) is 5.75. The van der Waals surface area contributed by atoms with E-state index in [0.29, 0.717) is 34.8 Å². The standard InChI is InChI=1S/C17H18ClN3O4S/c18-16-13(14-5-1-2-9-19-14)4-3-6-15(16)21(26(24)25)12-7-10-20(11-8-12)17(22)23/h1-6,9,12H,7-8,10-11H2,(H,22,23)(H,24,25)/p-1. The highest BCUT2D eigenvalue weighted by Crippen LogP contribution is 2.37. The van der Waals surface area contributed by atoms with Crippen LogP contribution in [0.3, 0.4) is 0 Å². The van der Waals surface area contributed by atoms with Gasteiger partial charge in [-0.15, -0.1) is 0 Å². The fourth-order valence-electron chi connectivity index (χ4n) is 3.10.